The molecule has 7 heteroatoms. The van der Waals surface area contributed by atoms with Crippen molar-refractivity contribution in [3.63, 3.8) is 0 Å². The number of fused-ring (bicyclic) bond motifs is 1. The monoisotopic (exact) mass is 329 g/mol. The van der Waals surface area contributed by atoms with E-state index >= 15 is 0 Å². The molecule has 3 aromatic heterocycles. The molecular weight excluding hydrogens is 310 g/mol. The molecule has 0 radical (unpaired) electrons. The van der Waals surface area contributed by atoms with E-state index in [0.717, 1.165) is 48.1 Å². The third kappa shape index (κ3) is 2.94. The van der Waals surface area contributed by atoms with Gasteiger partial charge in [-0.1, -0.05) is 0 Å². The molecule has 0 saturated heterocycles. The maximum Gasteiger partial charge on any atom is 0.227 e. The molecule has 1 atom stereocenters. The molecule has 0 spiro atoms. The van der Waals surface area contributed by atoms with E-state index < -0.39 is 0 Å². The van der Waals surface area contributed by atoms with Crippen molar-refractivity contribution < 1.29 is 4.42 Å². The Balaban J connectivity index is 1.42. The minimum atomic E-state index is 0.393. The van der Waals surface area contributed by atoms with Crippen LogP contribution in [0.5, 0.6) is 0 Å². The summed E-state index contributed by atoms with van der Waals surface area (Å²) in [6.45, 7) is 5.50. The van der Waals surface area contributed by atoms with Crippen molar-refractivity contribution in [3.05, 3.63) is 39.9 Å². The van der Waals surface area contributed by atoms with Gasteiger partial charge in [-0.15, -0.1) is 0 Å². The Morgan fingerprint density at radius 3 is 3.13 bits per heavy atom. The van der Waals surface area contributed by atoms with Gasteiger partial charge in [0, 0.05) is 30.0 Å². The van der Waals surface area contributed by atoms with Crippen LogP contribution in [0, 0.1) is 13.8 Å². The maximum absolute atomic E-state index is 5.79. The van der Waals surface area contributed by atoms with Crippen LogP contribution in [-0.4, -0.2) is 25.8 Å². The lowest BCUT2D eigenvalue weighted by Crippen LogP contribution is -2.37. The van der Waals surface area contributed by atoms with Gasteiger partial charge in [-0.2, -0.15) is 16.4 Å². The number of aryl methyl sites for hydroxylation is 3. The van der Waals surface area contributed by atoms with Crippen LogP contribution in [0.25, 0.3) is 11.5 Å². The van der Waals surface area contributed by atoms with Crippen molar-refractivity contribution in [2.24, 2.45) is 0 Å². The Hall–Kier alpha value is -1.99. The van der Waals surface area contributed by atoms with Crippen molar-refractivity contribution in [2.75, 3.05) is 0 Å². The summed E-state index contributed by atoms with van der Waals surface area (Å²) in [4.78, 5) is 9.08. The first-order chi connectivity index (χ1) is 11.2. The first-order valence-corrected chi connectivity index (χ1v) is 8.76. The first kappa shape index (κ1) is 14.6. The van der Waals surface area contributed by atoms with Gasteiger partial charge < -0.3 is 9.73 Å². The highest BCUT2D eigenvalue weighted by Crippen LogP contribution is 2.24. The van der Waals surface area contributed by atoms with Gasteiger partial charge in [0.1, 0.15) is 17.4 Å². The summed E-state index contributed by atoms with van der Waals surface area (Å²) in [5, 5.41) is 12.1. The van der Waals surface area contributed by atoms with Gasteiger partial charge in [-0.25, -0.2) is 14.6 Å². The van der Waals surface area contributed by atoms with E-state index in [1.807, 2.05) is 30.0 Å². The number of nitrogens with one attached hydrogen (secondary N) is 1. The largest absolute Gasteiger partial charge is 0.441 e. The van der Waals surface area contributed by atoms with E-state index in [-0.39, 0.29) is 0 Å². The van der Waals surface area contributed by atoms with Gasteiger partial charge in [-0.3, -0.25) is 0 Å². The summed E-state index contributed by atoms with van der Waals surface area (Å²) >= 11 is 1.65. The smallest absolute Gasteiger partial charge is 0.227 e. The molecule has 120 valence electrons. The van der Waals surface area contributed by atoms with Crippen molar-refractivity contribution in [3.8, 4) is 11.5 Å². The number of thiophene rings is 1. The van der Waals surface area contributed by atoms with Crippen LogP contribution in [0.3, 0.4) is 0 Å². The normalized spacial score (nSPS) is 17.4. The highest BCUT2D eigenvalue weighted by atomic mass is 32.1. The summed E-state index contributed by atoms with van der Waals surface area (Å²) in [6, 6.07) is 2.42. The lowest BCUT2D eigenvalue weighted by Gasteiger charge is -2.23. The highest BCUT2D eigenvalue weighted by Gasteiger charge is 2.21. The molecule has 0 aliphatic carbocycles. The molecule has 1 aliphatic heterocycles. The zero-order valence-corrected chi connectivity index (χ0v) is 14.1. The molecule has 1 unspecified atom stereocenters. The van der Waals surface area contributed by atoms with Crippen LogP contribution in [0.4, 0.5) is 0 Å². The zero-order valence-electron chi connectivity index (χ0n) is 13.2. The summed E-state index contributed by atoms with van der Waals surface area (Å²) in [6.07, 6.45) is 2.04. The second-order valence-electron chi connectivity index (χ2n) is 5.91. The van der Waals surface area contributed by atoms with Crippen LogP contribution < -0.4 is 5.32 Å². The second kappa shape index (κ2) is 5.90. The summed E-state index contributed by atoms with van der Waals surface area (Å²) in [5.41, 5.74) is 2.02. The number of rotatable bonds is 4. The minimum absolute atomic E-state index is 0.393. The number of aromatic nitrogens is 4. The van der Waals surface area contributed by atoms with Gasteiger partial charge in [0.15, 0.2) is 0 Å². The van der Waals surface area contributed by atoms with E-state index in [2.05, 4.69) is 25.8 Å². The van der Waals surface area contributed by atoms with Gasteiger partial charge in [-0.05, 0) is 31.7 Å². The number of hydrogen-bond donors (Lipinski definition) is 1. The van der Waals surface area contributed by atoms with Crippen molar-refractivity contribution in [2.45, 2.75) is 45.8 Å². The van der Waals surface area contributed by atoms with Crippen LogP contribution in [0.15, 0.2) is 21.2 Å². The predicted molar refractivity (Wildman–Crippen MR) is 88.3 cm³/mol. The highest BCUT2D eigenvalue weighted by molar-refractivity contribution is 7.08. The molecule has 3 aromatic rings. The molecule has 1 N–H and O–H groups in total. The minimum Gasteiger partial charge on any atom is -0.441 e. The molecule has 0 saturated carbocycles. The van der Waals surface area contributed by atoms with Gasteiger partial charge in [0.25, 0.3) is 0 Å². The van der Waals surface area contributed by atoms with Gasteiger partial charge in [0.2, 0.25) is 5.89 Å². The molecule has 0 bridgehead atoms. The second-order valence-corrected chi connectivity index (χ2v) is 6.69. The summed E-state index contributed by atoms with van der Waals surface area (Å²) < 4.78 is 7.80. The molecule has 0 amide bonds. The molecule has 1 aliphatic rings. The van der Waals surface area contributed by atoms with Crippen LogP contribution >= 0.6 is 11.3 Å². The van der Waals surface area contributed by atoms with Crippen molar-refractivity contribution in [1.29, 1.82) is 0 Å². The average molecular weight is 329 g/mol. The fraction of sp³-hybridized carbons (Fsp3) is 0.438. The molecule has 4 heterocycles. The van der Waals surface area contributed by atoms with Crippen LogP contribution in [0.1, 0.15) is 29.5 Å². The van der Waals surface area contributed by atoms with E-state index in [9.17, 15) is 0 Å². The molecule has 0 fully saturated rings. The molecular formula is C16H19N5OS. The maximum atomic E-state index is 5.79. The Labute approximate surface area is 138 Å². The Bertz CT molecular complexity index is 805. The molecule has 4 rings (SSSR count). The summed E-state index contributed by atoms with van der Waals surface area (Å²) in [7, 11) is 0. The first-order valence-electron chi connectivity index (χ1n) is 7.81. The zero-order chi connectivity index (χ0) is 15.8. The lowest BCUT2D eigenvalue weighted by molar-refractivity contribution is 0.356. The number of oxazole rings is 1. The Morgan fingerprint density at radius 2 is 2.30 bits per heavy atom. The standard InChI is InChI=1S/C16H19N5OS/c1-10-14(19-16(22-10)12-5-6-23-9-12)7-17-13-3-4-15-18-11(2)20-21(15)8-13/h5-6,9,13,17H,3-4,7-8H2,1-2H3. The molecule has 23 heavy (non-hydrogen) atoms. The van der Waals surface area contributed by atoms with Crippen molar-refractivity contribution in [1.82, 2.24) is 25.1 Å². The number of hydrogen-bond acceptors (Lipinski definition) is 6. The molecule has 6 nitrogen and oxygen atoms in total. The van der Waals surface area contributed by atoms with Crippen LogP contribution in [0.2, 0.25) is 0 Å². The Morgan fingerprint density at radius 1 is 1.39 bits per heavy atom. The number of nitrogens with zero attached hydrogens (tertiary/aromatic N) is 4. The van der Waals surface area contributed by atoms with Crippen LogP contribution in [-0.2, 0) is 19.5 Å². The fourth-order valence-electron chi connectivity index (χ4n) is 2.94. The third-order valence-electron chi connectivity index (χ3n) is 4.18. The SMILES string of the molecule is Cc1nc2n(n1)CC(NCc1nc(-c3ccsc3)oc1C)CC2. The van der Waals surface area contributed by atoms with E-state index in [4.69, 9.17) is 4.42 Å². The fourth-order valence-corrected chi connectivity index (χ4v) is 3.57. The molecule has 0 aromatic carbocycles. The summed E-state index contributed by atoms with van der Waals surface area (Å²) in [5.74, 6) is 3.54. The lowest BCUT2D eigenvalue weighted by atomic mass is 10.1. The van der Waals surface area contributed by atoms with Gasteiger partial charge >= 0.3 is 0 Å². The van der Waals surface area contributed by atoms with E-state index in [0.29, 0.717) is 18.5 Å². The van der Waals surface area contributed by atoms with E-state index in [1.54, 1.807) is 11.3 Å². The quantitative estimate of drug-likeness (QED) is 0.797. The van der Waals surface area contributed by atoms with Crippen molar-refractivity contribution >= 4 is 11.3 Å². The average Bonchev–Trinajstić information content (AvgIpc) is 3.23. The predicted octanol–water partition coefficient (Wildman–Crippen LogP) is 2.72. The Kier molecular flexibility index (Phi) is 3.74. The topological polar surface area (TPSA) is 68.8 Å². The van der Waals surface area contributed by atoms with Gasteiger partial charge in [0.05, 0.1) is 12.2 Å². The third-order valence-corrected chi connectivity index (χ3v) is 4.87. The van der Waals surface area contributed by atoms with E-state index in [1.165, 1.54) is 0 Å².